The van der Waals surface area contributed by atoms with E-state index in [1.165, 1.54) is 6.08 Å². The Morgan fingerprint density at radius 2 is 1.54 bits per heavy atom. The van der Waals surface area contributed by atoms with Gasteiger partial charge in [0, 0.05) is 28.6 Å². The van der Waals surface area contributed by atoms with Gasteiger partial charge < -0.3 is 9.47 Å². The summed E-state index contributed by atoms with van der Waals surface area (Å²) in [6.07, 6.45) is 5.11. The number of carbonyl (C=O) groups excluding carboxylic acids is 1. The standard InChI is InChI=1S/C31H27NO3/c1-31(2,3)35-27(33)16-15-22-19-26(34-4)24-11-7-8-12-25(24)29(22)30-28-21(17-18-32-30)14-13-20-9-5-6-10-23(20)28/h5-19H,1-4H3/b16-15+. The second kappa shape index (κ2) is 8.88. The van der Waals surface area contributed by atoms with Crippen LogP contribution >= 0.6 is 0 Å². The number of hydrogen-bond acceptors (Lipinski definition) is 4. The van der Waals surface area contributed by atoms with Crippen molar-refractivity contribution >= 4 is 44.4 Å². The number of nitrogens with zero attached hydrogens (tertiary/aromatic N) is 1. The first kappa shape index (κ1) is 22.6. The Morgan fingerprint density at radius 3 is 2.29 bits per heavy atom. The lowest BCUT2D eigenvalue weighted by atomic mass is 9.91. The summed E-state index contributed by atoms with van der Waals surface area (Å²) < 4.78 is 11.2. The van der Waals surface area contributed by atoms with Crippen LogP contribution in [0, 0.1) is 0 Å². The van der Waals surface area contributed by atoms with Gasteiger partial charge in [0.15, 0.2) is 0 Å². The van der Waals surface area contributed by atoms with Crippen LogP contribution in [0.3, 0.4) is 0 Å². The molecular formula is C31H27NO3. The minimum Gasteiger partial charge on any atom is -0.496 e. The van der Waals surface area contributed by atoms with Gasteiger partial charge in [-0.05, 0) is 66.1 Å². The van der Waals surface area contributed by atoms with Crippen LogP contribution in [-0.2, 0) is 9.53 Å². The Morgan fingerprint density at radius 1 is 0.857 bits per heavy atom. The van der Waals surface area contributed by atoms with Crippen molar-refractivity contribution < 1.29 is 14.3 Å². The van der Waals surface area contributed by atoms with Crippen molar-refractivity contribution in [2.45, 2.75) is 26.4 Å². The van der Waals surface area contributed by atoms with Crippen LogP contribution < -0.4 is 4.74 Å². The lowest BCUT2D eigenvalue weighted by Crippen LogP contribution is -2.22. The molecule has 0 bridgehead atoms. The normalized spacial score (nSPS) is 12.0. The second-order valence-electron chi connectivity index (χ2n) is 9.50. The zero-order valence-electron chi connectivity index (χ0n) is 20.3. The van der Waals surface area contributed by atoms with Crippen LogP contribution in [0.15, 0.2) is 85.1 Å². The van der Waals surface area contributed by atoms with Gasteiger partial charge in [-0.1, -0.05) is 60.7 Å². The van der Waals surface area contributed by atoms with Gasteiger partial charge in [0.1, 0.15) is 11.4 Å². The molecule has 0 saturated carbocycles. The first-order valence-electron chi connectivity index (χ1n) is 11.6. The van der Waals surface area contributed by atoms with Crippen LogP contribution in [0.5, 0.6) is 5.75 Å². The van der Waals surface area contributed by atoms with E-state index in [4.69, 9.17) is 14.5 Å². The van der Waals surface area contributed by atoms with Gasteiger partial charge in [-0.2, -0.15) is 0 Å². The number of benzene rings is 4. The molecule has 0 aliphatic rings. The highest BCUT2D eigenvalue weighted by molar-refractivity contribution is 6.17. The molecule has 0 unspecified atom stereocenters. The number of carbonyl (C=O) groups is 1. The topological polar surface area (TPSA) is 48.4 Å². The molecule has 4 nitrogen and oxygen atoms in total. The van der Waals surface area contributed by atoms with E-state index in [1.54, 1.807) is 13.2 Å². The quantitative estimate of drug-likeness (QED) is 0.157. The van der Waals surface area contributed by atoms with Crippen LogP contribution in [0.4, 0.5) is 0 Å². The van der Waals surface area contributed by atoms with Gasteiger partial charge in [-0.3, -0.25) is 4.98 Å². The minimum absolute atomic E-state index is 0.396. The smallest absolute Gasteiger partial charge is 0.331 e. The SMILES string of the molecule is COc1cc(/C=C/C(=O)OC(C)(C)C)c(-c2nccc3ccc4ccccc4c23)c2ccccc12. The number of rotatable bonds is 4. The molecule has 0 fully saturated rings. The number of methoxy groups -OCH3 is 1. The zero-order chi connectivity index (χ0) is 24.6. The maximum atomic E-state index is 12.5. The summed E-state index contributed by atoms with van der Waals surface area (Å²) in [5, 5.41) is 6.46. The molecule has 1 aromatic heterocycles. The maximum absolute atomic E-state index is 12.5. The highest BCUT2D eigenvalue weighted by atomic mass is 16.6. The van der Waals surface area contributed by atoms with Crippen LogP contribution in [0.2, 0.25) is 0 Å². The third-order valence-electron chi connectivity index (χ3n) is 5.96. The van der Waals surface area contributed by atoms with Crippen molar-refractivity contribution in [3.63, 3.8) is 0 Å². The fourth-order valence-electron chi connectivity index (χ4n) is 4.56. The van der Waals surface area contributed by atoms with Gasteiger partial charge in [-0.15, -0.1) is 0 Å². The Balaban J connectivity index is 1.84. The molecule has 4 heteroatoms. The lowest BCUT2D eigenvalue weighted by molar-refractivity contribution is -0.148. The Kier molecular flexibility index (Phi) is 5.73. The van der Waals surface area contributed by atoms with E-state index in [0.29, 0.717) is 0 Å². The summed E-state index contributed by atoms with van der Waals surface area (Å²) in [7, 11) is 1.66. The molecule has 5 rings (SSSR count). The molecule has 0 aliphatic carbocycles. The van der Waals surface area contributed by atoms with E-state index in [0.717, 1.165) is 54.9 Å². The number of pyridine rings is 1. The molecule has 1 heterocycles. The second-order valence-corrected chi connectivity index (χ2v) is 9.50. The molecule has 0 amide bonds. The number of hydrogen-bond donors (Lipinski definition) is 0. The average molecular weight is 462 g/mol. The van der Waals surface area contributed by atoms with Crippen molar-refractivity contribution in [2.24, 2.45) is 0 Å². The van der Waals surface area contributed by atoms with Gasteiger partial charge in [0.25, 0.3) is 0 Å². The Bertz CT molecular complexity index is 1610. The summed E-state index contributed by atoms with van der Waals surface area (Å²) in [6.45, 7) is 5.57. The number of fused-ring (bicyclic) bond motifs is 4. The summed E-state index contributed by atoms with van der Waals surface area (Å²) >= 11 is 0. The van der Waals surface area contributed by atoms with E-state index < -0.39 is 11.6 Å². The number of aromatic nitrogens is 1. The molecule has 0 aliphatic heterocycles. The lowest BCUT2D eigenvalue weighted by Gasteiger charge is -2.18. The average Bonchev–Trinajstić information content (AvgIpc) is 2.85. The summed E-state index contributed by atoms with van der Waals surface area (Å²) in [4.78, 5) is 17.4. The van der Waals surface area contributed by atoms with Crippen molar-refractivity contribution in [2.75, 3.05) is 7.11 Å². The van der Waals surface area contributed by atoms with Crippen LogP contribution in [0.1, 0.15) is 26.3 Å². The molecule has 0 saturated heterocycles. The molecule has 35 heavy (non-hydrogen) atoms. The van der Waals surface area contributed by atoms with Crippen LogP contribution in [0.25, 0.3) is 49.7 Å². The largest absolute Gasteiger partial charge is 0.496 e. The number of esters is 1. The van der Waals surface area contributed by atoms with Crippen LogP contribution in [-0.4, -0.2) is 23.7 Å². The third-order valence-corrected chi connectivity index (χ3v) is 5.96. The monoisotopic (exact) mass is 461 g/mol. The van der Waals surface area contributed by atoms with E-state index in [-0.39, 0.29) is 0 Å². The third kappa shape index (κ3) is 4.35. The van der Waals surface area contributed by atoms with E-state index >= 15 is 0 Å². The molecule has 5 aromatic rings. The Labute approximate surface area is 204 Å². The van der Waals surface area contributed by atoms with Gasteiger partial charge in [0.05, 0.1) is 12.8 Å². The van der Waals surface area contributed by atoms with Gasteiger partial charge >= 0.3 is 5.97 Å². The summed E-state index contributed by atoms with van der Waals surface area (Å²) in [5.41, 5.74) is 2.08. The van der Waals surface area contributed by atoms with Crippen molar-refractivity contribution in [3.05, 3.63) is 90.6 Å². The fraction of sp³-hybridized carbons (Fsp3) is 0.161. The van der Waals surface area contributed by atoms with Crippen molar-refractivity contribution in [1.82, 2.24) is 4.98 Å². The summed E-state index contributed by atoms with van der Waals surface area (Å²) in [6, 6.07) is 24.7. The first-order chi connectivity index (χ1) is 16.9. The first-order valence-corrected chi connectivity index (χ1v) is 11.6. The van der Waals surface area contributed by atoms with E-state index in [9.17, 15) is 4.79 Å². The molecule has 0 N–H and O–H groups in total. The van der Waals surface area contributed by atoms with E-state index in [2.05, 4.69) is 30.3 Å². The predicted molar refractivity (Wildman–Crippen MR) is 144 cm³/mol. The highest BCUT2D eigenvalue weighted by Gasteiger charge is 2.19. The summed E-state index contributed by atoms with van der Waals surface area (Å²) in [5.74, 6) is 0.338. The van der Waals surface area contributed by atoms with Gasteiger partial charge in [0.2, 0.25) is 0 Å². The predicted octanol–water partition coefficient (Wildman–Crippen LogP) is 7.57. The van der Waals surface area contributed by atoms with E-state index in [1.807, 2.05) is 69.4 Å². The fourth-order valence-corrected chi connectivity index (χ4v) is 4.56. The minimum atomic E-state index is -0.568. The van der Waals surface area contributed by atoms with Gasteiger partial charge in [-0.25, -0.2) is 4.79 Å². The van der Waals surface area contributed by atoms with Crippen molar-refractivity contribution in [3.8, 4) is 17.0 Å². The molecule has 0 radical (unpaired) electrons. The van der Waals surface area contributed by atoms with Crippen molar-refractivity contribution in [1.29, 1.82) is 0 Å². The molecule has 0 spiro atoms. The number of ether oxygens (including phenoxy) is 2. The Hall–Kier alpha value is -4.18. The zero-order valence-corrected chi connectivity index (χ0v) is 20.3. The molecule has 0 atom stereocenters. The molecule has 174 valence electrons. The molecule has 4 aromatic carbocycles. The maximum Gasteiger partial charge on any atom is 0.331 e. The molecular weight excluding hydrogens is 434 g/mol. The highest BCUT2D eigenvalue weighted by Crippen LogP contribution is 2.41.